The first kappa shape index (κ1) is 30.6. The lowest BCUT2D eigenvalue weighted by molar-refractivity contribution is -0.140. The van der Waals surface area contributed by atoms with Crippen LogP contribution in [-0.4, -0.2) is 34.0 Å². The fourth-order valence-corrected chi connectivity index (χ4v) is 5.52. The van der Waals surface area contributed by atoms with Crippen molar-refractivity contribution in [1.29, 1.82) is 0 Å². The van der Waals surface area contributed by atoms with Crippen LogP contribution >= 0.6 is 58.2 Å². The second-order valence-electron chi connectivity index (χ2n) is 9.91. The van der Waals surface area contributed by atoms with Crippen molar-refractivity contribution in [3.8, 4) is 0 Å². The Morgan fingerprint density at radius 2 is 1.50 bits per heavy atom. The summed E-state index contributed by atoms with van der Waals surface area (Å²) in [4.78, 5) is 29.0. The van der Waals surface area contributed by atoms with Crippen LogP contribution in [0.5, 0.6) is 0 Å². The third-order valence-electron chi connectivity index (χ3n) is 5.64. The maximum absolute atomic E-state index is 13.8. The number of hydrogen-bond acceptors (Lipinski definition) is 3. The molecule has 0 heterocycles. The Hall–Kier alpha value is -1.89. The van der Waals surface area contributed by atoms with E-state index in [1.165, 1.54) is 11.8 Å². The highest BCUT2D eigenvalue weighted by molar-refractivity contribution is 7.99. The molecule has 202 valence electrons. The molecule has 0 aliphatic carbocycles. The van der Waals surface area contributed by atoms with E-state index >= 15 is 0 Å². The summed E-state index contributed by atoms with van der Waals surface area (Å²) in [6.45, 7) is 5.83. The lowest BCUT2D eigenvalue weighted by Gasteiger charge is -2.34. The molecule has 2 amide bonds. The molecule has 0 bridgehead atoms. The first-order valence-electron chi connectivity index (χ1n) is 12.0. The zero-order valence-electron chi connectivity index (χ0n) is 21.4. The molecular formula is C29H30Cl4N2O2S. The van der Waals surface area contributed by atoms with E-state index in [9.17, 15) is 9.59 Å². The topological polar surface area (TPSA) is 49.4 Å². The zero-order valence-corrected chi connectivity index (χ0v) is 25.3. The van der Waals surface area contributed by atoms with Gasteiger partial charge in [-0.1, -0.05) is 88.9 Å². The Labute approximate surface area is 249 Å². The van der Waals surface area contributed by atoms with Crippen molar-refractivity contribution >= 4 is 70.0 Å². The maximum Gasteiger partial charge on any atom is 0.243 e. The Balaban J connectivity index is 1.91. The van der Waals surface area contributed by atoms with E-state index in [1.54, 1.807) is 35.2 Å². The lowest BCUT2D eigenvalue weighted by atomic mass is 10.0. The molecule has 3 aromatic carbocycles. The third kappa shape index (κ3) is 9.10. The molecule has 0 saturated carbocycles. The average molecular weight is 612 g/mol. The van der Waals surface area contributed by atoms with E-state index in [0.717, 1.165) is 11.1 Å². The van der Waals surface area contributed by atoms with Crippen molar-refractivity contribution in [3.05, 3.63) is 104 Å². The second-order valence-corrected chi connectivity index (χ2v) is 12.5. The fraction of sp³-hybridized carbons (Fsp3) is 0.310. The van der Waals surface area contributed by atoms with Gasteiger partial charge in [-0.2, -0.15) is 0 Å². The highest BCUT2D eigenvalue weighted by Gasteiger charge is 2.33. The van der Waals surface area contributed by atoms with Crippen LogP contribution in [-0.2, 0) is 28.3 Å². The van der Waals surface area contributed by atoms with Gasteiger partial charge in [0, 0.05) is 39.9 Å². The zero-order chi connectivity index (χ0) is 27.9. The van der Waals surface area contributed by atoms with E-state index in [2.05, 4.69) is 5.32 Å². The molecule has 0 spiro atoms. The second kappa shape index (κ2) is 14.0. The first-order chi connectivity index (χ1) is 17.9. The van der Waals surface area contributed by atoms with Gasteiger partial charge in [0.05, 0.1) is 15.8 Å². The van der Waals surface area contributed by atoms with Crippen LogP contribution in [0.2, 0.25) is 20.1 Å². The first-order valence-corrected chi connectivity index (χ1v) is 14.7. The number of carbonyl (C=O) groups excluding carboxylic acids is 2. The van der Waals surface area contributed by atoms with Crippen molar-refractivity contribution in [2.75, 3.05) is 5.75 Å². The highest BCUT2D eigenvalue weighted by atomic mass is 35.5. The van der Waals surface area contributed by atoms with Crippen LogP contribution in [0.15, 0.2) is 66.7 Å². The molecule has 0 aliphatic heterocycles. The van der Waals surface area contributed by atoms with Gasteiger partial charge in [0.1, 0.15) is 6.04 Å². The van der Waals surface area contributed by atoms with Crippen molar-refractivity contribution in [2.45, 2.75) is 51.1 Å². The highest BCUT2D eigenvalue weighted by Crippen LogP contribution is 2.29. The molecule has 0 unspecified atom stereocenters. The minimum Gasteiger partial charge on any atom is -0.350 e. The molecule has 38 heavy (non-hydrogen) atoms. The molecule has 1 N–H and O–H groups in total. The van der Waals surface area contributed by atoms with Gasteiger partial charge in [0.25, 0.3) is 0 Å². The summed E-state index contributed by atoms with van der Waals surface area (Å²) in [5, 5.41) is 4.87. The van der Waals surface area contributed by atoms with Crippen LogP contribution in [0, 0.1) is 0 Å². The quantitative estimate of drug-likeness (QED) is 0.252. The van der Waals surface area contributed by atoms with Gasteiger partial charge in [-0.05, 0) is 56.2 Å². The molecule has 3 aromatic rings. The van der Waals surface area contributed by atoms with E-state index in [-0.39, 0.29) is 24.1 Å². The van der Waals surface area contributed by atoms with Crippen LogP contribution in [0.4, 0.5) is 0 Å². The molecule has 9 heteroatoms. The number of carbonyl (C=O) groups is 2. The summed E-state index contributed by atoms with van der Waals surface area (Å²) in [5.74, 6) is 0.264. The van der Waals surface area contributed by atoms with Gasteiger partial charge in [-0.25, -0.2) is 0 Å². The predicted molar refractivity (Wildman–Crippen MR) is 161 cm³/mol. The fourth-order valence-electron chi connectivity index (χ4n) is 3.83. The monoisotopic (exact) mass is 610 g/mol. The van der Waals surface area contributed by atoms with Gasteiger partial charge < -0.3 is 10.2 Å². The van der Waals surface area contributed by atoms with Crippen LogP contribution in [0.3, 0.4) is 0 Å². The van der Waals surface area contributed by atoms with Crippen LogP contribution in [0.1, 0.15) is 37.5 Å². The number of rotatable bonds is 10. The molecule has 0 aromatic heterocycles. The molecular weight excluding hydrogens is 582 g/mol. The van der Waals surface area contributed by atoms with Gasteiger partial charge in [0.2, 0.25) is 11.8 Å². The molecule has 4 nitrogen and oxygen atoms in total. The van der Waals surface area contributed by atoms with E-state index in [4.69, 9.17) is 46.4 Å². The Morgan fingerprint density at radius 1 is 0.842 bits per heavy atom. The summed E-state index contributed by atoms with van der Waals surface area (Å²) in [6.07, 6.45) is 0.341. The third-order valence-corrected chi connectivity index (χ3v) is 8.07. The largest absolute Gasteiger partial charge is 0.350 e. The molecule has 1 atom stereocenters. The van der Waals surface area contributed by atoms with Gasteiger partial charge in [-0.3, -0.25) is 9.59 Å². The normalized spacial score (nSPS) is 12.2. The number of amides is 2. The summed E-state index contributed by atoms with van der Waals surface area (Å²) in [5.41, 5.74) is 2.00. The van der Waals surface area contributed by atoms with Crippen molar-refractivity contribution < 1.29 is 9.59 Å². The maximum atomic E-state index is 13.8. The molecule has 0 fully saturated rings. The van der Waals surface area contributed by atoms with Crippen LogP contribution < -0.4 is 5.32 Å². The summed E-state index contributed by atoms with van der Waals surface area (Å²) in [7, 11) is 0. The number of halogens is 4. The van der Waals surface area contributed by atoms with E-state index in [1.807, 2.05) is 57.2 Å². The van der Waals surface area contributed by atoms with Crippen LogP contribution in [0.25, 0.3) is 0 Å². The minimum absolute atomic E-state index is 0.0970. The van der Waals surface area contributed by atoms with Crippen molar-refractivity contribution in [2.24, 2.45) is 0 Å². The smallest absolute Gasteiger partial charge is 0.243 e. The number of thioether (sulfide) groups is 1. The predicted octanol–water partition coefficient (Wildman–Crippen LogP) is 8.09. The number of nitrogens with one attached hydrogen (secondary N) is 1. The van der Waals surface area contributed by atoms with Gasteiger partial charge >= 0.3 is 0 Å². The molecule has 0 radical (unpaired) electrons. The van der Waals surface area contributed by atoms with Crippen molar-refractivity contribution in [1.82, 2.24) is 10.2 Å². The Kier molecular flexibility index (Phi) is 11.3. The minimum atomic E-state index is -0.776. The Bertz CT molecular complexity index is 1240. The number of benzene rings is 3. The van der Waals surface area contributed by atoms with Gasteiger partial charge in [0.15, 0.2) is 0 Å². The van der Waals surface area contributed by atoms with Crippen molar-refractivity contribution in [3.63, 3.8) is 0 Å². The summed E-state index contributed by atoms with van der Waals surface area (Å²) < 4.78 is 0. The van der Waals surface area contributed by atoms with E-state index < -0.39 is 11.6 Å². The SMILES string of the molecule is CC(C)(C)NC(=O)[C@@H](Cc1ccccc1)N(Cc1c(Cl)cccc1Cl)C(=O)CSCc1ccc(Cl)c(Cl)c1. The standard InChI is InChI=1S/C29H30Cl4N2O2S/c1-29(2,3)34-28(37)26(15-19-8-5-4-6-9-19)35(16-21-22(30)10-7-11-23(21)31)27(36)18-38-17-20-12-13-24(32)25(33)14-20/h4-14,26H,15-18H2,1-3H3,(H,34,37)/t26-/m1/s1. The summed E-state index contributed by atoms with van der Waals surface area (Å²) in [6, 6.07) is 19.5. The average Bonchev–Trinajstić information content (AvgIpc) is 2.84. The summed E-state index contributed by atoms with van der Waals surface area (Å²) >= 11 is 26.6. The van der Waals surface area contributed by atoms with Gasteiger partial charge in [-0.15, -0.1) is 11.8 Å². The lowest BCUT2D eigenvalue weighted by Crippen LogP contribution is -2.54. The molecule has 0 saturated heterocycles. The molecule has 3 rings (SSSR count). The van der Waals surface area contributed by atoms with E-state index in [0.29, 0.717) is 37.8 Å². The molecule has 0 aliphatic rings. The number of nitrogens with zero attached hydrogens (tertiary/aromatic N) is 1. The Morgan fingerprint density at radius 3 is 2.11 bits per heavy atom. The number of hydrogen-bond donors (Lipinski definition) is 1.